The largest absolute Gasteiger partial charge is 0.496 e. The first-order valence-electron chi connectivity index (χ1n) is 13.6. The number of carbonyl (C=O) groups is 2. The van der Waals surface area contributed by atoms with E-state index in [9.17, 15) is 9.59 Å². The Kier molecular flexibility index (Phi) is 5.19. The first kappa shape index (κ1) is 23.4. The minimum absolute atomic E-state index is 0.000446. The highest BCUT2D eigenvalue weighted by Crippen LogP contribution is 2.66. The number of hydrogen-bond donors (Lipinski definition) is 2. The van der Waals surface area contributed by atoms with Gasteiger partial charge in [0.15, 0.2) is 0 Å². The van der Waals surface area contributed by atoms with Crippen LogP contribution in [0.4, 0.5) is 0 Å². The molecule has 4 unspecified atom stereocenters. The molecule has 8 heteroatoms. The van der Waals surface area contributed by atoms with E-state index in [1.54, 1.807) is 14.2 Å². The Morgan fingerprint density at radius 2 is 1.03 bits per heavy atom. The van der Waals surface area contributed by atoms with Gasteiger partial charge in [-0.25, -0.2) is 9.59 Å². The van der Waals surface area contributed by atoms with E-state index >= 15 is 0 Å². The van der Waals surface area contributed by atoms with Gasteiger partial charge in [0.25, 0.3) is 0 Å². The molecule has 0 saturated heterocycles. The maximum atomic E-state index is 12.9. The molecule has 0 fully saturated rings. The molecule has 3 aromatic rings. The molecule has 1 aromatic carbocycles. The van der Waals surface area contributed by atoms with Crippen molar-refractivity contribution in [3.63, 3.8) is 0 Å². The summed E-state index contributed by atoms with van der Waals surface area (Å²) in [6, 6.07) is 0. The van der Waals surface area contributed by atoms with E-state index in [1.165, 1.54) is 11.1 Å². The fourth-order valence-electron chi connectivity index (χ4n) is 8.02. The van der Waals surface area contributed by atoms with E-state index < -0.39 is 0 Å². The molecule has 0 amide bonds. The van der Waals surface area contributed by atoms with Crippen molar-refractivity contribution < 1.29 is 28.5 Å². The molecule has 8 nitrogen and oxygen atoms in total. The molecule has 6 aliphatic carbocycles. The number of esters is 2. The van der Waals surface area contributed by atoms with Crippen LogP contribution in [-0.4, -0.2) is 49.3 Å². The van der Waals surface area contributed by atoms with Gasteiger partial charge in [0.2, 0.25) is 0 Å². The highest BCUT2D eigenvalue weighted by molar-refractivity contribution is 5.92. The fraction of sp³-hybridized carbons (Fsp3) is 0.467. The Hall–Kier alpha value is -3.68. The lowest BCUT2D eigenvalue weighted by atomic mass is 9.58. The van der Waals surface area contributed by atoms with Gasteiger partial charge in [-0.1, -0.05) is 0 Å². The second kappa shape index (κ2) is 8.41. The molecule has 2 heterocycles. The second-order valence-electron chi connectivity index (χ2n) is 10.6. The topological polar surface area (TPSA) is 103 Å². The number of hydrogen-bond acceptors (Lipinski definition) is 6. The smallest absolute Gasteiger partial charge is 0.355 e. The van der Waals surface area contributed by atoms with Crippen molar-refractivity contribution in [2.24, 2.45) is 0 Å². The Morgan fingerprint density at radius 1 is 0.658 bits per heavy atom. The van der Waals surface area contributed by atoms with Gasteiger partial charge >= 0.3 is 11.9 Å². The average Bonchev–Trinajstić information content (AvgIpc) is 3.59. The van der Waals surface area contributed by atoms with Gasteiger partial charge in [0, 0.05) is 58.3 Å². The molecular weight excluding hydrogens is 484 g/mol. The monoisotopic (exact) mass is 516 g/mol. The van der Waals surface area contributed by atoms with E-state index in [4.69, 9.17) is 18.9 Å². The Labute approximate surface area is 221 Å². The van der Waals surface area contributed by atoms with Crippen molar-refractivity contribution in [2.45, 2.75) is 63.2 Å². The van der Waals surface area contributed by atoms with Crippen molar-refractivity contribution in [1.29, 1.82) is 0 Å². The van der Waals surface area contributed by atoms with Crippen LogP contribution in [0.3, 0.4) is 0 Å². The second-order valence-corrected chi connectivity index (χ2v) is 10.6. The molecular formula is C30H32N2O6. The van der Waals surface area contributed by atoms with E-state index in [-0.39, 0.29) is 35.6 Å². The fourth-order valence-corrected chi connectivity index (χ4v) is 8.02. The van der Waals surface area contributed by atoms with E-state index in [0.717, 1.165) is 70.6 Å². The van der Waals surface area contributed by atoms with Gasteiger partial charge in [-0.3, -0.25) is 0 Å². The number of rotatable bonds is 6. The van der Waals surface area contributed by atoms with Crippen LogP contribution in [0.25, 0.3) is 0 Å². The lowest BCUT2D eigenvalue weighted by molar-refractivity contribution is 0.0509. The van der Waals surface area contributed by atoms with Crippen LogP contribution in [0, 0.1) is 0 Å². The molecule has 4 bridgehead atoms. The quantitative estimate of drug-likeness (QED) is 0.422. The predicted molar refractivity (Wildman–Crippen MR) is 139 cm³/mol. The lowest BCUT2D eigenvalue weighted by Crippen LogP contribution is -2.32. The number of nitrogens with one attached hydrogen (secondary N) is 2. The summed E-state index contributed by atoms with van der Waals surface area (Å²) in [6.45, 7) is 4.30. The van der Waals surface area contributed by atoms with E-state index in [2.05, 4.69) is 9.97 Å². The summed E-state index contributed by atoms with van der Waals surface area (Å²) >= 11 is 0. The normalized spacial score (nSPS) is 23.3. The first-order valence-corrected chi connectivity index (χ1v) is 13.6. The van der Waals surface area contributed by atoms with Crippen molar-refractivity contribution >= 4 is 11.9 Å². The maximum absolute atomic E-state index is 12.9. The van der Waals surface area contributed by atoms with Crippen LogP contribution < -0.4 is 9.47 Å². The number of methoxy groups -OCH3 is 2. The van der Waals surface area contributed by atoms with E-state index in [0.29, 0.717) is 24.6 Å². The van der Waals surface area contributed by atoms with Gasteiger partial charge in [-0.2, -0.15) is 0 Å². The summed E-state index contributed by atoms with van der Waals surface area (Å²) in [5, 5.41) is 0. The lowest BCUT2D eigenvalue weighted by Gasteiger charge is -2.46. The van der Waals surface area contributed by atoms with Gasteiger partial charge in [0.1, 0.15) is 22.9 Å². The Balaban J connectivity index is 1.47. The zero-order valence-corrected chi connectivity index (χ0v) is 22.2. The third-order valence-corrected chi connectivity index (χ3v) is 9.16. The summed E-state index contributed by atoms with van der Waals surface area (Å²) < 4.78 is 23.3. The number of aromatic amines is 2. The molecule has 2 aromatic heterocycles. The van der Waals surface area contributed by atoms with Crippen LogP contribution in [0.2, 0.25) is 0 Å². The molecule has 0 spiro atoms. The molecule has 0 saturated carbocycles. The first-order chi connectivity index (χ1) is 18.5. The minimum atomic E-state index is -0.318. The molecule has 9 rings (SSSR count). The van der Waals surface area contributed by atoms with Crippen LogP contribution in [0.5, 0.6) is 11.5 Å². The van der Waals surface area contributed by atoms with Crippen LogP contribution in [0.1, 0.15) is 129 Å². The SMILES string of the molecule is CCOC(=O)c1[nH]cc2c1C1CCC2c2c(OC)c3c(c(OC)c21)C1CCC3c2c[nH]c(C(=O)OCC)c21. The number of H-pyrrole nitrogens is 2. The van der Waals surface area contributed by atoms with Gasteiger partial charge < -0.3 is 28.9 Å². The van der Waals surface area contributed by atoms with Gasteiger partial charge in [-0.15, -0.1) is 0 Å². The summed E-state index contributed by atoms with van der Waals surface area (Å²) in [4.78, 5) is 32.3. The molecule has 0 aliphatic heterocycles. The molecule has 38 heavy (non-hydrogen) atoms. The predicted octanol–water partition coefficient (Wildman–Crippen LogP) is 5.46. The van der Waals surface area contributed by atoms with Crippen molar-refractivity contribution in [2.75, 3.05) is 27.4 Å². The van der Waals surface area contributed by atoms with Gasteiger partial charge in [0.05, 0.1) is 27.4 Å². The number of aromatic nitrogens is 2. The summed E-state index contributed by atoms with van der Waals surface area (Å²) in [6.07, 6.45) is 7.78. The minimum Gasteiger partial charge on any atom is -0.496 e. The Bertz CT molecular complexity index is 1390. The Morgan fingerprint density at radius 3 is 1.39 bits per heavy atom. The van der Waals surface area contributed by atoms with Crippen LogP contribution >= 0.6 is 0 Å². The summed E-state index contributed by atoms with van der Waals surface area (Å²) in [5.41, 5.74) is 10.1. The highest BCUT2D eigenvalue weighted by Gasteiger charge is 2.51. The average molecular weight is 517 g/mol. The summed E-state index contributed by atoms with van der Waals surface area (Å²) in [7, 11) is 3.50. The third kappa shape index (κ3) is 2.80. The van der Waals surface area contributed by atoms with Crippen molar-refractivity contribution in [1.82, 2.24) is 9.97 Å². The summed E-state index contributed by atoms with van der Waals surface area (Å²) in [5.74, 6) is 1.40. The number of benzene rings is 1. The third-order valence-electron chi connectivity index (χ3n) is 9.16. The standard InChI is InChI=1S/C30H32N2O6/c1-5-37-29(33)25-19-15-9-7-13(17(19)11-31-25)21-23(15)28(36-4)24-16-10-8-14(22(24)27(21)35-3)18-12-32-26(20(16)18)30(34)38-6-2/h11-16,31-32H,5-10H2,1-4H3. The highest BCUT2D eigenvalue weighted by atomic mass is 16.5. The zero-order valence-electron chi connectivity index (χ0n) is 22.2. The zero-order chi connectivity index (χ0) is 26.3. The van der Waals surface area contributed by atoms with Gasteiger partial charge in [-0.05, 0) is 61.8 Å². The van der Waals surface area contributed by atoms with Crippen molar-refractivity contribution in [3.05, 3.63) is 68.3 Å². The maximum Gasteiger partial charge on any atom is 0.355 e. The van der Waals surface area contributed by atoms with Crippen LogP contribution in [0.15, 0.2) is 12.4 Å². The molecule has 0 radical (unpaired) electrons. The molecule has 4 atom stereocenters. The van der Waals surface area contributed by atoms with Crippen molar-refractivity contribution in [3.8, 4) is 11.5 Å². The molecule has 2 N–H and O–H groups in total. The molecule has 6 aliphatic rings. The number of ether oxygens (including phenoxy) is 4. The van der Waals surface area contributed by atoms with E-state index in [1.807, 2.05) is 26.2 Å². The number of carbonyl (C=O) groups excluding carboxylic acids is 2. The number of fused-ring (bicyclic) bond motifs is 2. The van der Waals surface area contributed by atoms with Crippen LogP contribution in [-0.2, 0) is 9.47 Å². The molecule has 198 valence electrons.